The van der Waals surface area contributed by atoms with Crippen molar-refractivity contribution >= 4 is 37.4 Å². The summed E-state index contributed by atoms with van der Waals surface area (Å²) >= 11 is 6.03. The highest BCUT2D eigenvalue weighted by Crippen LogP contribution is 2.45. The van der Waals surface area contributed by atoms with Gasteiger partial charge < -0.3 is 19.5 Å². The fraction of sp³-hybridized carbons (Fsp3) is 0.545. The van der Waals surface area contributed by atoms with Gasteiger partial charge in [0.1, 0.15) is 13.3 Å². The summed E-state index contributed by atoms with van der Waals surface area (Å²) in [6, 6.07) is 3.82. The number of likely N-dealkylation sites (tertiary alicyclic amines) is 1. The molecule has 0 radical (unpaired) electrons. The van der Waals surface area contributed by atoms with Crippen LogP contribution in [0.15, 0.2) is 12.1 Å². The topological polar surface area (TPSA) is 119 Å². The Morgan fingerprint density at radius 2 is 2.14 bits per heavy atom. The molecule has 2 aliphatic heterocycles. The molecular weight excluding hydrogens is 497 g/mol. The Morgan fingerprint density at radius 3 is 2.86 bits per heavy atom. The average molecular weight is 526 g/mol. The van der Waals surface area contributed by atoms with Gasteiger partial charge in [-0.2, -0.15) is 0 Å². The van der Waals surface area contributed by atoms with Gasteiger partial charge in [0, 0.05) is 21.2 Å². The fourth-order valence-corrected chi connectivity index (χ4v) is 5.28. The van der Waals surface area contributed by atoms with Crippen molar-refractivity contribution in [3.63, 3.8) is 0 Å². The quantitative estimate of drug-likeness (QED) is 0.419. The Bertz CT molecular complexity index is 1140. The van der Waals surface area contributed by atoms with Gasteiger partial charge in [-0.1, -0.05) is 31.2 Å². The summed E-state index contributed by atoms with van der Waals surface area (Å²) in [7, 11) is -1.31. The number of rotatable bonds is 7. The Labute approximate surface area is 208 Å². The second-order valence-corrected chi connectivity index (χ2v) is 16.0. The Hall–Kier alpha value is -2.54. The van der Waals surface area contributed by atoms with Crippen molar-refractivity contribution in [2.75, 3.05) is 25.0 Å². The monoisotopic (exact) mass is 525 g/mol. The molecule has 0 unspecified atom stereocenters. The molecule has 0 bridgehead atoms. The lowest BCUT2D eigenvalue weighted by Crippen LogP contribution is -2.54. The van der Waals surface area contributed by atoms with E-state index in [2.05, 4.69) is 35.2 Å². The predicted molar refractivity (Wildman–Crippen MR) is 128 cm³/mol. The fourth-order valence-electron chi connectivity index (χ4n) is 4.37. The molecule has 2 N–H and O–H groups in total. The number of aliphatic hydroxyl groups is 1. The van der Waals surface area contributed by atoms with Crippen LogP contribution in [0.5, 0.6) is 0 Å². The molecule has 1 fully saturated rings. The van der Waals surface area contributed by atoms with Gasteiger partial charge in [0.15, 0.2) is 17.2 Å². The smallest absolute Gasteiger partial charge is 0.412 e. The van der Waals surface area contributed by atoms with Gasteiger partial charge in [-0.3, -0.25) is 14.7 Å². The van der Waals surface area contributed by atoms with Crippen LogP contribution >= 0.6 is 11.6 Å². The maximum atomic E-state index is 15.1. The van der Waals surface area contributed by atoms with E-state index < -0.39 is 38.1 Å². The first kappa shape index (κ1) is 25.5. The van der Waals surface area contributed by atoms with Gasteiger partial charge >= 0.3 is 6.09 Å². The average Bonchev–Trinajstić information content (AvgIpc) is 3.20. The van der Waals surface area contributed by atoms with E-state index in [1.807, 2.05) is 0 Å². The second-order valence-electron chi connectivity index (χ2n) is 10.00. The third-order valence-corrected chi connectivity index (χ3v) is 8.19. The number of hydrogen-bond donors (Lipinski definition) is 2. The van der Waals surface area contributed by atoms with Crippen molar-refractivity contribution in [1.82, 2.24) is 19.7 Å². The minimum Gasteiger partial charge on any atom is -0.436 e. The van der Waals surface area contributed by atoms with E-state index in [1.165, 1.54) is 21.6 Å². The molecule has 1 saturated heterocycles. The van der Waals surface area contributed by atoms with Crippen molar-refractivity contribution < 1.29 is 28.6 Å². The molecule has 1 spiro atoms. The Balaban J connectivity index is 1.59. The van der Waals surface area contributed by atoms with Crippen LogP contribution in [-0.4, -0.2) is 64.5 Å². The summed E-state index contributed by atoms with van der Waals surface area (Å²) < 4.78 is 27.9. The molecule has 2 aliphatic rings. The molecule has 3 heterocycles. The third-order valence-electron chi connectivity index (χ3n) is 6.19. The number of benzene rings is 1. The zero-order valence-electron chi connectivity index (χ0n) is 19.9. The maximum Gasteiger partial charge on any atom is 0.412 e. The highest BCUT2D eigenvalue weighted by molar-refractivity contribution is 6.76. The van der Waals surface area contributed by atoms with Crippen molar-refractivity contribution in [3.8, 4) is 0 Å². The van der Waals surface area contributed by atoms with Crippen LogP contribution in [-0.2, 0) is 28.4 Å². The SMILES string of the molecule is C[Si](C)(C)CCOCn1c(CO)nnc1C(=O)N1CCC[C@@]2(C1)OC(=O)Nc1ccc(Cl)c(F)c12. The lowest BCUT2D eigenvalue weighted by molar-refractivity contribution is -0.0424. The molecular formula is C22H29ClFN5O5Si. The molecule has 10 nitrogen and oxygen atoms in total. The highest BCUT2D eigenvalue weighted by atomic mass is 35.5. The maximum absolute atomic E-state index is 15.1. The van der Waals surface area contributed by atoms with Crippen molar-refractivity contribution in [2.45, 2.75) is 57.5 Å². The molecule has 2 amide bonds. The molecule has 0 saturated carbocycles. The lowest BCUT2D eigenvalue weighted by Gasteiger charge is -2.45. The number of hydrogen-bond acceptors (Lipinski definition) is 7. The molecule has 13 heteroatoms. The van der Waals surface area contributed by atoms with Crippen molar-refractivity contribution in [1.29, 1.82) is 0 Å². The molecule has 1 aromatic heterocycles. The van der Waals surface area contributed by atoms with E-state index in [0.717, 1.165) is 6.04 Å². The number of aliphatic hydroxyl groups excluding tert-OH is 1. The van der Waals surface area contributed by atoms with E-state index in [-0.39, 0.29) is 41.2 Å². The van der Waals surface area contributed by atoms with Gasteiger partial charge in [0.25, 0.3) is 5.91 Å². The lowest BCUT2D eigenvalue weighted by atomic mass is 9.83. The normalized spacial score (nSPS) is 19.9. The summed E-state index contributed by atoms with van der Waals surface area (Å²) in [5.41, 5.74) is -1.01. The number of carbonyl (C=O) groups is 2. The minimum atomic E-state index is -1.39. The number of ether oxygens (including phenoxy) is 2. The van der Waals surface area contributed by atoms with Crippen LogP contribution in [0.25, 0.3) is 0 Å². The Morgan fingerprint density at radius 1 is 1.37 bits per heavy atom. The summed E-state index contributed by atoms with van der Waals surface area (Å²) in [5, 5.41) is 20.0. The van der Waals surface area contributed by atoms with E-state index in [4.69, 9.17) is 21.1 Å². The second kappa shape index (κ2) is 9.84. The number of piperidine rings is 1. The van der Waals surface area contributed by atoms with E-state index >= 15 is 4.39 Å². The Kier molecular flexibility index (Phi) is 7.18. The predicted octanol–water partition coefficient (Wildman–Crippen LogP) is 3.57. The van der Waals surface area contributed by atoms with Crippen LogP contribution in [0, 0.1) is 5.82 Å². The molecule has 2 aromatic rings. The zero-order valence-corrected chi connectivity index (χ0v) is 21.7. The number of carbonyl (C=O) groups excluding carboxylic acids is 2. The largest absolute Gasteiger partial charge is 0.436 e. The molecule has 4 rings (SSSR count). The number of nitrogens with one attached hydrogen (secondary N) is 1. The van der Waals surface area contributed by atoms with Gasteiger partial charge in [-0.05, 0) is 31.0 Å². The van der Waals surface area contributed by atoms with Gasteiger partial charge in [0.2, 0.25) is 5.82 Å². The number of halogens is 2. The first-order chi connectivity index (χ1) is 16.5. The van der Waals surface area contributed by atoms with Crippen molar-refractivity contribution in [3.05, 3.63) is 40.2 Å². The molecule has 1 atom stereocenters. The van der Waals surface area contributed by atoms with Crippen LogP contribution < -0.4 is 5.32 Å². The van der Waals surface area contributed by atoms with E-state index in [0.29, 0.717) is 26.0 Å². The number of anilines is 1. The molecule has 190 valence electrons. The number of fused-ring (bicyclic) bond motifs is 2. The summed E-state index contributed by atoms with van der Waals surface area (Å²) in [6.07, 6.45) is 0.0519. The van der Waals surface area contributed by atoms with Crippen molar-refractivity contribution in [2.24, 2.45) is 0 Å². The summed E-state index contributed by atoms with van der Waals surface area (Å²) in [5.74, 6) is -0.987. The highest BCUT2D eigenvalue weighted by Gasteiger charge is 2.49. The van der Waals surface area contributed by atoms with Crippen LogP contribution in [0.2, 0.25) is 30.7 Å². The van der Waals surface area contributed by atoms with E-state index in [1.54, 1.807) is 0 Å². The number of nitrogens with zero attached hydrogens (tertiary/aromatic N) is 4. The summed E-state index contributed by atoms with van der Waals surface area (Å²) in [4.78, 5) is 27.3. The molecule has 1 aromatic carbocycles. The number of aromatic nitrogens is 3. The molecule has 35 heavy (non-hydrogen) atoms. The van der Waals surface area contributed by atoms with Crippen LogP contribution in [0.1, 0.15) is 34.8 Å². The first-order valence-electron chi connectivity index (χ1n) is 11.4. The van der Waals surface area contributed by atoms with Gasteiger partial charge in [0.05, 0.1) is 22.8 Å². The summed E-state index contributed by atoms with van der Waals surface area (Å²) in [6.45, 7) is 7.08. The van der Waals surface area contributed by atoms with Crippen LogP contribution in [0.3, 0.4) is 0 Å². The van der Waals surface area contributed by atoms with Gasteiger partial charge in [-0.15, -0.1) is 10.2 Å². The van der Waals surface area contributed by atoms with Crippen LogP contribution in [0.4, 0.5) is 14.9 Å². The minimum absolute atomic E-state index is 0.00819. The standard InChI is InChI=1S/C22H29ClFN5O5Si/c1-35(2,3)10-9-33-13-29-16(11-30)26-27-19(29)20(31)28-8-4-7-22(12-28)17-15(25-21(32)34-22)6-5-14(23)18(17)24/h5-6,30H,4,7-13H2,1-3H3,(H,25,32)/t22-/m0/s1. The molecule has 0 aliphatic carbocycles. The third kappa shape index (κ3) is 5.20. The van der Waals surface area contributed by atoms with E-state index in [9.17, 15) is 14.7 Å². The van der Waals surface area contributed by atoms with Gasteiger partial charge in [-0.25, -0.2) is 9.18 Å². The number of amides is 2. The zero-order chi connectivity index (χ0) is 25.4. The first-order valence-corrected chi connectivity index (χ1v) is 15.5.